The number of ether oxygens (including phenoxy) is 1. The van der Waals surface area contributed by atoms with Gasteiger partial charge in [-0.05, 0) is 36.8 Å². The average molecular weight is 397 g/mol. The maximum atomic E-state index is 12.5. The summed E-state index contributed by atoms with van der Waals surface area (Å²) in [5.74, 6) is -4.94. The third-order valence-corrected chi connectivity index (χ3v) is 5.00. The monoisotopic (exact) mass is 397 g/mol. The Morgan fingerprint density at radius 2 is 1.63 bits per heavy atom. The molecule has 0 aliphatic rings. The van der Waals surface area contributed by atoms with Crippen LogP contribution in [0, 0.1) is 6.92 Å². The fraction of sp³-hybridized carbons (Fsp3) is 0.222. The van der Waals surface area contributed by atoms with E-state index in [1.54, 1.807) is 0 Å². The van der Waals surface area contributed by atoms with E-state index in [1.807, 2.05) is 31.2 Å². The molecule has 27 heavy (non-hydrogen) atoms. The van der Waals surface area contributed by atoms with E-state index in [0.717, 1.165) is 35.4 Å². The minimum atomic E-state index is -4.73. The summed E-state index contributed by atoms with van der Waals surface area (Å²) in [6.07, 6.45) is 0. The van der Waals surface area contributed by atoms with Crippen molar-refractivity contribution in [3.8, 4) is 0 Å². The van der Waals surface area contributed by atoms with Crippen molar-refractivity contribution in [3.63, 3.8) is 0 Å². The molecule has 0 saturated carbocycles. The Balaban J connectivity index is 1.86. The molecule has 144 valence electrons. The number of carbonyl (C=O) groups is 2. The van der Waals surface area contributed by atoms with Crippen LogP contribution in [0.2, 0.25) is 0 Å². The van der Waals surface area contributed by atoms with E-state index in [4.69, 9.17) is 4.74 Å². The predicted octanol–water partition coefficient (Wildman–Crippen LogP) is 2.46. The third kappa shape index (κ3) is 5.58. The van der Waals surface area contributed by atoms with Crippen molar-refractivity contribution in [3.05, 3.63) is 65.2 Å². The molecule has 2 rings (SSSR count). The highest BCUT2D eigenvalue weighted by molar-refractivity contribution is 7.91. The molecule has 0 bridgehead atoms. The van der Waals surface area contributed by atoms with Gasteiger partial charge < -0.3 is 10.1 Å². The number of amides is 1. The highest BCUT2D eigenvalue weighted by atomic mass is 32.2. The Morgan fingerprint density at radius 3 is 2.19 bits per heavy atom. The number of hydrogen-bond acceptors (Lipinski definition) is 5. The minimum Gasteiger partial charge on any atom is -0.452 e. The summed E-state index contributed by atoms with van der Waals surface area (Å²) in [7, 11) is -4.73. The summed E-state index contributed by atoms with van der Waals surface area (Å²) in [5.41, 5.74) is 1.91. The van der Waals surface area contributed by atoms with E-state index in [0.29, 0.717) is 0 Å². The van der Waals surface area contributed by atoms with E-state index in [2.05, 4.69) is 5.32 Å². The van der Waals surface area contributed by atoms with Crippen molar-refractivity contribution in [2.75, 3.05) is 6.61 Å². The van der Waals surface area contributed by atoms with Gasteiger partial charge in [-0.15, -0.1) is 0 Å². The van der Waals surface area contributed by atoms with Crippen LogP contribution < -0.4 is 5.32 Å². The number of hydrogen-bond donors (Lipinski definition) is 1. The topological polar surface area (TPSA) is 89.5 Å². The number of aryl methyl sites for hydroxylation is 1. The van der Waals surface area contributed by atoms with Gasteiger partial charge in [0.2, 0.25) is 9.84 Å². The summed E-state index contributed by atoms with van der Waals surface area (Å²) < 4.78 is 52.4. The zero-order valence-electron chi connectivity index (χ0n) is 14.3. The summed E-state index contributed by atoms with van der Waals surface area (Å²) in [6, 6.07) is 11.4. The van der Waals surface area contributed by atoms with Gasteiger partial charge in [-0.2, -0.15) is 8.78 Å². The van der Waals surface area contributed by atoms with Gasteiger partial charge >= 0.3 is 11.7 Å². The number of carbonyl (C=O) groups excluding carboxylic acids is 2. The molecule has 0 spiro atoms. The van der Waals surface area contributed by atoms with Crippen LogP contribution in [0.4, 0.5) is 8.78 Å². The van der Waals surface area contributed by atoms with Gasteiger partial charge in [0.25, 0.3) is 5.91 Å². The zero-order valence-corrected chi connectivity index (χ0v) is 15.1. The number of benzene rings is 2. The third-order valence-electron chi connectivity index (χ3n) is 3.60. The van der Waals surface area contributed by atoms with Crippen LogP contribution in [0.1, 0.15) is 21.5 Å². The van der Waals surface area contributed by atoms with Crippen LogP contribution in [-0.2, 0) is 25.9 Å². The molecular formula is C18H17F2NO5S. The molecule has 0 aromatic heterocycles. The number of halogens is 2. The van der Waals surface area contributed by atoms with Crippen molar-refractivity contribution in [2.24, 2.45) is 0 Å². The van der Waals surface area contributed by atoms with Crippen molar-refractivity contribution in [2.45, 2.75) is 24.1 Å². The molecular weight excluding hydrogens is 380 g/mol. The standard InChI is InChI=1S/C18H17F2NO5S/c1-12-2-4-13(5-3-12)10-21-16(22)11-26-17(23)14-6-8-15(9-7-14)27(24,25)18(19)20/h2-9,18H,10-11H2,1H3,(H,21,22). The maximum Gasteiger partial charge on any atom is 0.341 e. The molecule has 0 atom stereocenters. The molecule has 0 heterocycles. The second kappa shape index (κ2) is 8.72. The van der Waals surface area contributed by atoms with Crippen molar-refractivity contribution >= 4 is 21.7 Å². The number of nitrogens with one attached hydrogen (secondary N) is 1. The van der Waals surface area contributed by atoms with Gasteiger partial charge in [-0.3, -0.25) is 4.79 Å². The first kappa shape index (κ1) is 20.5. The smallest absolute Gasteiger partial charge is 0.341 e. The molecule has 9 heteroatoms. The first-order chi connectivity index (χ1) is 12.7. The normalized spacial score (nSPS) is 11.3. The number of sulfone groups is 1. The largest absolute Gasteiger partial charge is 0.452 e. The van der Waals surface area contributed by atoms with E-state index in [9.17, 15) is 26.8 Å². The summed E-state index contributed by atoms with van der Waals surface area (Å²) in [6.45, 7) is 1.69. The predicted molar refractivity (Wildman–Crippen MR) is 92.9 cm³/mol. The van der Waals surface area contributed by atoms with Crippen molar-refractivity contribution < 1.29 is 31.5 Å². The minimum absolute atomic E-state index is 0.0606. The Morgan fingerprint density at radius 1 is 1.04 bits per heavy atom. The van der Waals surface area contributed by atoms with Crippen LogP contribution in [0.25, 0.3) is 0 Å². The first-order valence-corrected chi connectivity index (χ1v) is 9.36. The first-order valence-electron chi connectivity index (χ1n) is 7.81. The van der Waals surface area contributed by atoms with Gasteiger partial charge in [-0.25, -0.2) is 13.2 Å². The van der Waals surface area contributed by atoms with Crippen LogP contribution in [0.5, 0.6) is 0 Å². The van der Waals surface area contributed by atoms with Crippen LogP contribution >= 0.6 is 0 Å². The molecule has 1 N–H and O–H groups in total. The fourth-order valence-corrected chi connectivity index (χ4v) is 2.78. The SMILES string of the molecule is Cc1ccc(CNC(=O)COC(=O)c2ccc(S(=O)(=O)C(F)F)cc2)cc1. The number of rotatable bonds is 7. The molecule has 2 aromatic carbocycles. The van der Waals surface area contributed by atoms with E-state index in [1.165, 1.54) is 0 Å². The second-order valence-electron chi connectivity index (χ2n) is 5.67. The van der Waals surface area contributed by atoms with Gasteiger partial charge in [0.05, 0.1) is 10.5 Å². The van der Waals surface area contributed by atoms with E-state index < -0.39 is 39.0 Å². The molecule has 0 unspecified atom stereocenters. The fourth-order valence-electron chi connectivity index (χ4n) is 2.06. The van der Waals surface area contributed by atoms with Gasteiger partial charge in [0.15, 0.2) is 6.61 Å². The van der Waals surface area contributed by atoms with Crippen LogP contribution in [0.3, 0.4) is 0 Å². The molecule has 6 nitrogen and oxygen atoms in total. The Kier molecular flexibility index (Phi) is 6.62. The molecule has 0 aliphatic heterocycles. The van der Waals surface area contributed by atoms with Gasteiger partial charge in [0.1, 0.15) is 0 Å². The molecule has 0 radical (unpaired) electrons. The molecule has 0 saturated heterocycles. The van der Waals surface area contributed by atoms with Crippen molar-refractivity contribution in [1.29, 1.82) is 0 Å². The lowest BCUT2D eigenvalue weighted by molar-refractivity contribution is -0.124. The quantitative estimate of drug-likeness (QED) is 0.725. The van der Waals surface area contributed by atoms with Gasteiger partial charge in [-0.1, -0.05) is 29.8 Å². The number of esters is 1. The number of alkyl halides is 2. The Hall–Kier alpha value is -2.81. The molecule has 0 fully saturated rings. The lowest BCUT2D eigenvalue weighted by atomic mass is 10.1. The molecule has 0 aliphatic carbocycles. The Labute approximate surface area is 155 Å². The average Bonchev–Trinajstić information content (AvgIpc) is 2.65. The summed E-state index contributed by atoms with van der Waals surface area (Å²) in [4.78, 5) is 23.0. The van der Waals surface area contributed by atoms with Crippen LogP contribution in [0.15, 0.2) is 53.4 Å². The van der Waals surface area contributed by atoms with E-state index in [-0.39, 0.29) is 12.1 Å². The highest BCUT2D eigenvalue weighted by Crippen LogP contribution is 2.18. The van der Waals surface area contributed by atoms with E-state index >= 15 is 0 Å². The molecule has 1 amide bonds. The summed E-state index contributed by atoms with van der Waals surface area (Å²) >= 11 is 0. The van der Waals surface area contributed by atoms with Crippen LogP contribution in [-0.4, -0.2) is 32.7 Å². The summed E-state index contributed by atoms with van der Waals surface area (Å²) in [5, 5.41) is 2.59. The van der Waals surface area contributed by atoms with Crippen molar-refractivity contribution in [1.82, 2.24) is 5.32 Å². The zero-order chi connectivity index (χ0) is 20.0. The van der Waals surface area contributed by atoms with Gasteiger partial charge in [0, 0.05) is 6.54 Å². The lowest BCUT2D eigenvalue weighted by Crippen LogP contribution is -2.28. The molecule has 2 aromatic rings. The Bertz CT molecular complexity index is 910. The highest BCUT2D eigenvalue weighted by Gasteiger charge is 2.26. The lowest BCUT2D eigenvalue weighted by Gasteiger charge is -2.08. The maximum absolute atomic E-state index is 12.5. The second-order valence-corrected chi connectivity index (χ2v) is 7.59.